The lowest BCUT2D eigenvalue weighted by Gasteiger charge is -2.06. The number of aryl methyl sites for hydroxylation is 1. The summed E-state index contributed by atoms with van der Waals surface area (Å²) >= 11 is 3.32. The summed E-state index contributed by atoms with van der Waals surface area (Å²) in [6.45, 7) is 0.756. The second-order valence-corrected chi connectivity index (χ2v) is 6.01. The Bertz CT molecular complexity index is 898. The van der Waals surface area contributed by atoms with Gasteiger partial charge >= 0.3 is 11.7 Å². The van der Waals surface area contributed by atoms with Crippen molar-refractivity contribution in [3.05, 3.63) is 69.1 Å². The number of rotatable bonds is 5. The second kappa shape index (κ2) is 6.83. The maximum atomic E-state index is 11.9. The van der Waals surface area contributed by atoms with E-state index in [0.717, 1.165) is 15.5 Å². The predicted octanol–water partition coefficient (Wildman–Crippen LogP) is 3.34. The van der Waals surface area contributed by atoms with Crippen LogP contribution >= 0.6 is 15.9 Å². The lowest BCUT2D eigenvalue weighted by atomic mass is 10.2. The standard InChI is InChI=1S/C17H15BrN2O3/c18-13-6-3-5-12(11-13)16(21)23-10-4-9-20-15-8-2-1-7-14(15)19-17(20)22/h1-3,5-8,11H,4,9-10H2,(H,19,22). The summed E-state index contributed by atoms with van der Waals surface area (Å²) in [7, 11) is 0. The van der Waals surface area contributed by atoms with Crippen LogP contribution < -0.4 is 5.69 Å². The van der Waals surface area contributed by atoms with Gasteiger partial charge in [-0.15, -0.1) is 0 Å². The van der Waals surface area contributed by atoms with E-state index in [2.05, 4.69) is 20.9 Å². The van der Waals surface area contributed by atoms with Gasteiger partial charge in [0, 0.05) is 11.0 Å². The first kappa shape index (κ1) is 15.6. The number of imidazole rings is 1. The van der Waals surface area contributed by atoms with Gasteiger partial charge in [-0.1, -0.05) is 34.1 Å². The third-order valence-electron chi connectivity index (χ3n) is 3.50. The number of carbonyl (C=O) groups excluding carboxylic acids is 1. The van der Waals surface area contributed by atoms with Gasteiger partial charge in [0.05, 0.1) is 23.2 Å². The quantitative estimate of drug-likeness (QED) is 0.550. The van der Waals surface area contributed by atoms with Gasteiger partial charge in [0.1, 0.15) is 0 Å². The van der Waals surface area contributed by atoms with Crippen molar-refractivity contribution in [3.63, 3.8) is 0 Å². The number of esters is 1. The molecule has 6 heteroatoms. The molecule has 0 aliphatic carbocycles. The first-order chi connectivity index (χ1) is 11.1. The molecule has 1 heterocycles. The smallest absolute Gasteiger partial charge is 0.338 e. The van der Waals surface area contributed by atoms with Crippen LogP contribution in [0.4, 0.5) is 0 Å². The van der Waals surface area contributed by atoms with Crippen LogP contribution in [0.2, 0.25) is 0 Å². The number of hydrogen-bond acceptors (Lipinski definition) is 3. The number of halogens is 1. The minimum Gasteiger partial charge on any atom is -0.462 e. The number of ether oxygens (including phenoxy) is 1. The van der Waals surface area contributed by atoms with Gasteiger partial charge in [-0.25, -0.2) is 9.59 Å². The molecular formula is C17H15BrN2O3. The van der Waals surface area contributed by atoms with Crippen LogP contribution in [-0.4, -0.2) is 22.1 Å². The topological polar surface area (TPSA) is 64.1 Å². The summed E-state index contributed by atoms with van der Waals surface area (Å²) < 4.78 is 7.73. The largest absolute Gasteiger partial charge is 0.462 e. The highest BCUT2D eigenvalue weighted by atomic mass is 79.9. The molecule has 3 rings (SSSR count). The van der Waals surface area contributed by atoms with Crippen molar-refractivity contribution in [2.75, 3.05) is 6.61 Å². The predicted molar refractivity (Wildman–Crippen MR) is 91.6 cm³/mol. The second-order valence-electron chi connectivity index (χ2n) is 5.10. The zero-order chi connectivity index (χ0) is 16.2. The molecule has 0 unspecified atom stereocenters. The number of aromatic nitrogens is 2. The van der Waals surface area contributed by atoms with Crippen molar-refractivity contribution in [2.45, 2.75) is 13.0 Å². The van der Waals surface area contributed by atoms with E-state index in [0.29, 0.717) is 18.5 Å². The number of benzene rings is 2. The molecule has 0 aliphatic rings. The van der Waals surface area contributed by atoms with E-state index in [1.54, 1.807) is 22.8 Å². The Kier molecular flexibility index (Phi) is 4.62. The van der Waals surface area contributed by atoms with Crippen molar-refractivity contribution in [1.82, 2.24) is 9.55 Å². The van der Waals surface area contributed by atoms with Gasteiger partial charge in [-0.2, -0.15) is 0 Å². The Balaban J connectivity index is 1.58. The molecule has 23 heavy (non-hydrogen) atoms. The van der Waals surface area contributed by atoms with Crippen molar-refractivity contribution in [1.29, 1.82) is 0 Å². The summed E-state index contributed by atoms with van der Waals surface area (Å²) in [6, 6.07) is 14.6. The molecule has 1 N–H and O–H groups in total. The molecule has 0 saturated heterocycles. The van der Waals surface area contributed by atoms with Crippen molar-refractivity contribution in [2.24, 2.45) is 0 Å². The van der Waals surface area contributed by atoms with Gasteiger partial charge in [-0.05, 0) is 36.8 Å². The van der Waals surface area contributed by atoms with E-state index in [-0.39, 0.29) is 18.3 Å². The Morgan fingerprint density at radius 1 is 1.17 bits per heavy atom. The molecule has 2 aromatic carbocycles. The van der Waals surface area contributed by atoms with E-state index in [9.17, 15) is 9.59 Å². The Hall–Kier alpha value is -2.34. The summed E-state index contributed by atoms with van der Waals surface area (Å²) in [5.41, 5.74) is 2.02. The van der Waals surface area contributed by atoms with Gasteiger partial charge in [0.25, 0.3) is 0 Å². The number of carbonyl (C=O) groups is 1. The van der Waals surface area contributed by atoms with Crippen LogP contribution in [0.1, 0.15) is 16.8 Å². The summed E-state index contributed by atoms with van der Waals surface area (Å²) in [5.74, 6) is -0.363. The molecule has 0 fully saturated rings. The molecule has 1 aromatic heterocycles. The number of para-hydroxylation sites is 2. The molecule has 3 aromatic rings. The molecule has 0 atom stereocenters. The summed E-state index contributed by atoms with van der Waals surface area (Å²) in [6.07, 6.45) is 0.571. The Morgan fingerprint density at radius 3 is 2.83 bits per heavy atom. The minimum atomic E-state index is -0.363. The average Bonchev–Trinajstić information content (AvgIpc) is 2.87. The normalized spacial score (nSPS) is 10.8. The van der Waals surface area contributed by atoms with Crippen molar-refractivity contribution in [3.8, 4) is 0 Å². The third-order valence-corrected chi connectivity index (χ3v) is 3.99. The van der Waals surface area contributed by atoms with E-state index in [4.69, 9.17) is 4.74 Å². The minimum absolute atomic E-state index is 0.149. The number of fused-ring (bicyclic) bond motifs is 1. The third kappa shape index (κ3) is 3.53. The molecule has 5 nitrogen and oxygen atoms in total. The Morgan fingerprint density at radius 2 is 2.00 bits per heavy atom. The first-order valence-electron chi connectivity index (χ1n) is 7.25. The van der Waals surface area contributed by atoms with Gasteiger partial charge in [-0.3, -0.25) is 4.57 Å². The lowest BCUT2D eigenvalue weighted by molar-refractivity contribution is 0.0496. The average molecular weight is 375 g/mol. The maximum absolute atomic E-state index is 11.9. The fraction of sp³-hybridized carbons (Fsp3) is 0.176. The van der Waals surface area contributed by atoms with Crippen molar-refractivity contribution >= 4 is 32.9 Å². The summed E-state index contributed by atoms with van der Waals surface area (Å²) in [4.78, 5) is 26.6. The van der Waals surface area contributed by atoms with Gasteiger partial charge < -0.3 is 9.72 Å². The number of aromatic amines is 1. The number of hydrogen-bond donors (Lipinski definition) is 1. The zero-order valence-corrected chi connectivity index (χ0v) is 13.9. The number of H-pyrrole nitrogens is 1. The number of nitrogens with one attached hydrogen (secondary N) is 1. The molecule has 118 valence electrons. The molecule has 0 bridgehead atoms. The van der Waals surface area contributed by atoms with Crippen molar-refractivity contribution < 1.29 is 9.53 Å². The number of nitrogens with zero attached hydrogens (tertiary/aromatic N) is 1. The van der Waals surface area contributed by atoms with Crippen LogP contribution in [0.15, 0.2) is 57.8 Å². The van der Waals surface area contributed by atoms with E-state index < -0.39 is 0 Å². The highest BCUT2D eigenvalue weighted by molar-refractivity contribution is 9.10. The van der Waals surface area contributed by atoms with E-state index in [1.807, 2.05) is 30.3 Å². The van der Waals surface area contributed by atoms with Crippen LogP contribution in [0.3, 0.4) is 0 Å². The molecule has 0 saturated carbocycles. The monoisotopic (exact) mass is 374 g/mol. The van der Waals surface area contributed by atoms with Crippen LogP contribution in [0.25, 0.3) is 11.0 Å². The van der Waals surface area contributed by atoms with Gasteiger partial charge in [0.15, 0.2) is 0 Å². The van der Waals surface area contributed by atoms with Crippen LogP contribution in [0.5, 0.6) is 0 Å². The highest BCUT2D eigenvalue weighted by Gasteiger charge is 2.08. The van der Waals surface area contributed by atoms with Gasteiger partial charge in [0.2, 0.25) is 0 Å². The zero-order valence-electron chi connectivity index (χ0n) is 12.3. The SMILES string of the molecule is O=C(OCCCn1c(=O)[nH]c2ccccc21)c1cccc(Br)c1. The van der Waals surface area contributed by atoms with E-state index in [1.165, 1.54) is 0 Å². The molecule has 0 spiro atoms. The maximum Gasteiger partial charge on any atom is 0.338 e. The molecule has 0 amide bonds. The fourth-order valence-electron chi connectivity index (χ4n) is 2.42. The van der Waals surface area contributed by atoms with E-state index >= 15 is 0 Å². The fourth-order valence-corrected chi connectivity index (χ4v) is 2.81. The highest BCUT2D eigenvalue weighted by Crippen LogP contribution is 2.13. The lowest BCUT2D eigenvalue weighted by Crippen LogP contribution is -2.18. The summed E-state index contributed by atoms with van der Waals surface area (Å²) in [5, 5.41) is 0. The first-order valence-corrected chi connectivity index (χ1v) is 8.05. The molecular weight excluding hydrogens is 360 g/mol. The van der Waals surface area contributed by atoms with Crippen LogP contribution in [0, 0.1) is 0 Å². The Labute approximate surface area is 141 Å². The molecule has 0 aliphatic heterocycles. The van der Waals surface area contributed by atoms with Crippen LogP contribution in [-0.2, 0) is 11.3 Å². The molecule has 0 radical (unpaired) electrons.